The summed E-state index contributed by atoms with van der Waals surface area (Å²) in [6, 6.07) is 6.77. The molecule has 35 heavy (non-hydrogen) atoms. The SMILES string of the molecule is CO[C@H]1CC[C@@]2(C)C(=CC[C@H]3[C@@H]4CC[C@H](OCCOS(=O)(=O)c5ccc(C)cc5)[C@@]4(C)CC[C@@H]32)C1. The van der Waals surface area contributed by atoms with Gasteiger partial charge in [-0.2, -0.15) is 8.42 Å². The zero-order valence-corrected chi connectivity index (χ0v) is 22.6. The van der Waals surface area contributed by atoms with E-state index in [9.17, 15) is 8.42 Å². The van der Waals surface area contributed by atoms with Crippen molar-refractivity contribution in [1.29, 1.82) is 0 Å². The Balaban J connectivity index is 1.20. The van der Waals surface area contributed by atoms with Crippen molar-refractivity contribution in [3.05, 3.63) is 41.5 Å². The largest absolute Gasteiger partial charge is 0.381 e. The summed E-state index contributed by atoms with van der Waals surface area (Å²) in [5.41, 5.74) is 3.17. The number of ether oxygens (including phenoxy) is 2. The molecule has 0 aromatic heterocycles. The molecule has 0 amide bonds. The van der Waals surface area contributed by atoms with Crippen LogP contribution in [0.15, 0.2) is 40.8 Å². The van der Waals surface area contributed by atoms with Gasteiger partial charge in [0.25, 0.3) is 10.1 Å². The van der Waals surface area contributed by atoms with Crippen molar-refractivity contribution in [1.82, 2.24) is 0 Å². The number of hydrogen-bond acceptors (Lipinski definition) is 5. The van der Waals surface area contributed by atoms with E-state index in [0.717, 1.165) is 30.2 Å². The third-order valence-corrected chi connectivity index (χ3v) is 11.6. The Bertz CT molecular complexity index is 1050. The predicted octanol–water partition coefficient (Wildman–Crippen LogP) is 6.06. The molecule has 6 heteroatoms. The van der Waals surface area contributed by atoms with E-state index < -0.39 is 10.1 Å². The molecule has 1 aromatic rings. The molecular formula is C29H42O5S. The molecule has 0 heterocycles. The van der Waals surface area contributed by atoms with Gasteiger partial charge in [-0.25, -0.2) is 0 Å². The highest BCUT2D eigenvalue weighted by Crippen LogP contribution is 2.65. The second-order valence-corrected chi connectivity index (χ2v) is 13.5. The summed E-state index contributed by atoms with van der Waals surface area (Å²) in [4.78, 5) is 0.201. The van der Waals surface area contributed by atoms with Crippen LogP contribution in [-0.2, 0) is 23.8 Å². The van der Waals surface area contributed by atoms with E-state index in [-0.39, 0.29) is 23.0 Å². The summed E-state index contributed by atoms with van der Waals surface area (Å²) >= 11 is 0. The smallest absolute Gasteiger partial charge is 0.297 e. The molecule has 4 aliphatic carbocycles. The summed E-state index contributed by atoms with van der Waals surface area (Å²) in [5.74, 6) is 2.17. The lowest BCUT2D eigenvalue weighted by molar-refractivity contribution is -0.0968. The molecule has 5 rings (SSSR count). The number of benzene rings is 1. The lowest BCUT2D eigenvalue weighted by Gasteiger charge is -2.58. The van der Waals surface area contributed by atoms with Crippen LogP contribution in [-0.4, -0.2) is 40.9 Å². The van der Waals surface area contributed by atoms with Crippen LogP contribution in [0.1, 0.15) is 70.8 Å². The normalized spacial score (nSPS) is 38.9. The van der Waals surface area contributed by atoms with Crippen molar-refractivity contribution in [3.8, 4) is 0 Å². The van der Waals surface area contributed by atoms with E-state index >= 15 is 0 Å². The third-order valence-electron chi connectivity index (χ3n) is 10.3. The number of rotatable bonds is 7. The zero-order chi connectivity index (χ0) is 24.8. The Morgan fingerprint density at radius 1 is 0.971 bits per heavy atom. The summed E-state index contributed by atoms with van der Waals surface area (Å²) in [7, 11) is -1.89. The van der Waals surface area contributed by atoms with Gasteiger partial charge in [-0.1, -0.05) is 43.2 Å². The van der Waals surface area contributed by atoms with Crippen molar-refractivity contribution in [3.63, 3.8) is 0 Å². The molecule has 0 unspecified atom stereocenters. The highest BCUT2D eigenvalue weighted by atomic mass is 32.2. The lowest BCUT2D eigenvalue weighted by Crippen LogP contribution is -2.51. The van der Waals surface area contributed by atoms with E-state index in [1.54, 1.807) is 29.8 Å². The molecule has 3 fully saturated rings. The van der Waals surface area contributed by atoms with Gasteiger partial charge in [0.15, 0.2) is 0 Å². The monoisotopic (exact) mass is 502 g/mol. The van der Waals surface area contributed by atoms with E-state index in [2.05, 4.69) is 19.9 Å². The molecule has 4 aliphatic rings. The molecule has 0 spiro atoms. The van der Waals surface area contributed by atoms with Crippen LogP contribution in [0.4, 0.5) is 0 Å². The Morgan fingerprint density at radius 3 is 2.49 bits per heavy atom. The van der Waals surface area contributed by atoms with Gasteiger partial charge < -0.3 is 9.47 Å². The maximum atomic E-state index is 12.5. The van der Waals surface area contributed by atoms with Crippen LogP contribution in [0, 0.1) is 35.5 Å². The van der Waals surface area contributed by atoms with Crippen LogP contribution in [0.3, 0.4) is 0 Å². The van der Waals surface area contributed by atoms with Gasteiger partial charge in [0.2, 0.25) is 0 Å². The number of methoxy groups -OCH3 is 1. The molecule has 0 N–H and O–H groups in total. The molecule has 194 valence electrons. The van der Waals surface area contributed by atoms with Crippen LogP contribution in [0.5, 0.6) is 0 Å². The predicted molar refractivity (Wildman–Crippen MR) is 137 cm³/mol. The molecule has 0 bridgehead atoms. The van der Waals surface area contributed by atoms with Crippen LogP contribution >= 0.6 is 0 Å². The molecule has 0 radical (unpaired) electrons. The average Bonchev–Trinajstić information content (AvgIpc) is 3.18. The van der Waals surface area contributed by atoms with E-state index in [1.807, 2.05) is 14.0 Å². The molecule has 3 saturated carbocycles. The maximum absolute atomic E-state index is 12.5. The molecule has 5 nitrogen and oxygen atoms in total. The van der Waals surface area contributed by atoms with E-state index in [1.165, 1.54) is 38.5 Å². The molecule has 0 aliphatic heterocycles. The summed E-state index contributed by atoms with van der Waals surface area (Å²) in [6.07, 6.45) is 12.6. The molecule has 7 atom stereocenters. The second kappa shape index (κ2) is 9.59. The Kier molecular flexibility index (Phi) is 6.97. The summed E-state index contributed by atoms with van der Waals surface area (Å²) in [5, 5.41) is 0. The molecule has 0 saturated heterocycles. The maximum Gasteiger partial charge on any atom is 0.297 e. The second-order valence-electron chi connectivity index (χ2n) is 11.9. The van der Waals surface area contributed by atoms with Crippen molar-refractivity contribution in [2.75, 3.05) is 20.3 Å². The first-order valence-corrected chi connectivity index (χ1v) is 14.9. The Labute approximate surface area is 211 Å². The quantitative estimate of drug-likeness (QED) is 0.257. The summed E-state index contributed by atoms with van der Waals surface area (Å²) < 4.78 is 42.3. The highest BCUT2D eigenvalue weighted by molar-refractivity contribution is 7.86. The number of allylic oxidation sites excluding steroid dienone is 1. The first-order valence-electron chi connectivity index (χ1n) is 13.5. The first-order chi connectivity index (χ1) is 16.7. The third kappa shape index (κ3) is 4.54. The van der Waals surface area contributed by atoms with Gasteiger partial charge >= 0.3 is 0 Å². The van der Waals surface area contributed by atoms with Crippen LogP contribution in [0.2, 0.25) is 0 Å². The topological polar surface area (TPSA) is 61.8 Å². The molecule has 1 aromatic carbocycles. The van der Waals surface area contributed by atoms with Crippen molar-refractivity contribution in [2.24, 2.45) is 28.6 Å². The lowest BCUT2D eigenvalue weighted by atomic mass is 9.48. The number of fused-ring (bicyclic) bond motifs is 5. The average molecular weight is 503 g/mol. The van der Waals surface area contributed by atoms with Gasteiger partial charge in [0, 0.05) is 7.11 Å². The van der Waals surface area contributed by atoms with Crippen LogP contribution < -0.4 is 0 Å². The van der Waals surface area contributed by atoms with Gasteiger partial charge in [0.05, 0.1) is 30.3 Å². The summed E-state index contributed by atoms with van der Waals surface area (Å²) in [6.45, 7) is 7.26. The van der Waals surface area contributed by atoms with E-state index in [0.29, 0.717) is 24.0 Å². The van der Waals surface area contributed by atoms with E-state index in [4.69, 9.17) is 13.7 Å². The van der Waals surface area contributed by atoms with Crippen LogP contribution in [0.25, 0.3) is 0 Å². The Morgan fingerprint density at radius 2 is 1.74 bits per heavy atom. The first kappa shape index (κ1) is 25.4. The van der Waals surface area contributed by atoms with Gasteiger partial charge in [-0.3, -0.25) is 4.18 Å². The highest BCUT2D eigenvalue weighted by Gasteiger charge is 2.59. The standard InChI is InChI=1S/C29H42O5S/c1-20-5-8-23(9-6-20)35(30,31)34-18-17-33-27-12-11-25-24-10-7-21-19-22(32-4)13-15-28(21,2)26(24)14-16-29(25,27)3/h5-9,22,24-27H,10-19H2,1-4H3/t22-,24-,25-,26-,27-,28-,29-/m0/s1. The fourth-order valence-corrected chi connectivity index (χ4v) is 9.05. The minimum Gasteiger partial charge on any atom is -0.381 e. The molecular weight excluding hydrogens is 460 g/mol. The minimum absolute atomic E-state index is 0.0599. The Hall–Kier alpha value is -1.21. The number of aryl methyl sites for hydroxylation is 1. The zero-order valence-electron chi connectivity index (χ0n) is 21.8. The number of hydrogen-bond donors (Lipinski definition) is 0. The minimum atomic E-state index is -3.75. The van der Waals surface area contributed by atoms with Gasteiger partial charge in [-0.15, -0.1) is 0 Å². The fraction of sp³-hybridized carbons (Fsp3) is 0.724. The fourth-order valence-electron chi connectivity index (χ4n) is 8.16. The van der Waals surface area contributed by atoms with Crippen molar-refractivity contribution < 1.29 is 22.1 Å². The van der Waals surface area contributed by atoms with Crippen molar-refractivity contribution in [2.45, 2.75) is 89.2 Å². The van der Waals surface area contributed by atoms with Crippen molar-refractivity contribution >= 4 is 10.1 Å². The van der Waals surface area contributed by atoms with Gasteiger partial charge in [-0.05, 0) is 99.0 Å². The van der Waals surface area contributed by atoms with Gasteiger partial charge in [0.1, 0.15) is 0 Å².